The van der Waals surface area contributed by atoms with E-state index in [4.69, 9.17) is 0 Å². The van der Waals surface area contributed by atoms with Crippen molar-refractivity contribution in [1.29, 1.82) is 0 Å². The van der Waals surface area contributed by atoms with Crippen LogP contribution in [0.2, 0.25) is 0 Å². The molecule has 4 aromatic heterocycles. The Balaban J connectivity index is 1.47. The van der Waals surface area contributed by atoms with Crippen LogP contribution in [-0.2, 0) is 18.3 Å². The molecule has 8 heteroatoms. The van der Waals surface area contributed by atoms with Crippen LogP contribution in [0.25, 0.3) is 21.7 Å². The molecular formula is C18H16N6OS. The van der Waals surface area contributed by atoms with Gasteiger partial charge in [-0.2, -0.15) is 5.10 Å². The highest BCUT2D eigenvalue weighted by molar-refractivity contribution is 7.13. The average Bonchev–Trinajstić information content (AvgIpc) is 3.20. The third kappa shape index (κ3) is 3.18. The number of nitrogens with one attached hydrogen (secondary N) is 1. The van der Waals surface area contributed by atoms with E-state index in [2.05, 4.69) is 25.4 Å². The smallest absolute Gasteiger partial charge is 0.230 e. The van der Waals surface area contributed by atoms with Gasteiger partial charge in [-0.05, 0) is 25.1 Å². The molecule has 1 N–H and O–H groups in total. The maximum Gasteiger partial charge on any atom is 0.230 e. The summed E-state index contributed by atoms with van der Waals surface area (Å²) in [6, 6.07) is 7.57. The van der Waals surface area contributed by atoms with Crippen molar-refractivity contribution in [1.82, 2.24) is 24.7 Å². The summed E-state index contributed by atoms with van der Waals surface area (Å²) in [5, 5.41) is 10.8. The standard InChI is InChI=1S/C18H16N6OS/c1-11-14-7-12(9-20-17(14)24(2)23-11)21-16(25)8-13-10-26-18(22-13)15-5-3-4-6-19-15/h3-7,9-10H,8H2,1-2H3,(H,21,25). The number of hydrogen-bond acceptors (Lipinski definition) is 6. The number of aryl methyl sites for hydroxylation is 2. The van der Waals surface area contributed by atoms with Gasteiger partial charge < -0.3 is 5.32 Å². The highest BCUT2D eigenvalue weighted by Gasteiger charge is 2.12. The van der Waals surface area contributed by atoms with E-state index >= 15 is 0 Å². The van der Waals surface area contributed by atoms with Crippen LogP contribution < -0.4 is 5.32 Å². The Morgan fingerprint density at radius 1 is 1.31 bits per heavy atom. The first kappa shape index (κ1) is 16.3. The minimum Gasteiger partial charge on any atom is -0.324 e. The summed E-state index contributed by atoms with van der Waals surface area (Å²) < 4.78 is 1.73. The predicted molar refractivity (Wildman–Crippen MR) is 101 cm³/mol. The Hall–Kier alpha value is -3.13. The number of hydrogen-bond donors (Lipinski definition) is 1. The predicted octanol–water partition coefficient (Wildman–Crippen LogP) is 2.98. The molecule has 0 atom stereocenters. The molecule has 0 aromatic carbocycles. The van der Waals surface area contributed by atoms with Crippen molar-refractivity contribution >= 4 is 34.0 Å². The van der Waals surface area contributed by atoms with Gasteiger partial charge in [0.15, 0.2) is 5.65 Å². The third-order valence-electron chi connectivity index (χ3n) is 3.92. The molecule has 0 saturated carbocycles. The Bertz CT molecular complexity index is 1090. The Morgan fingerprint density at radius 2 is 2.19 bits per heavy atom. The van der Waals surface area contributed by atoms with E-state index < -0.39 is 0 Å². The fourth-order valence-corrected chi connectivity index (χ4v) is 3.54. The van der Waals surface area contributed by atoms with Gasteiger partial charge in [0.2, 0.25) is 5.91 Å². The van der Waals surface area contributed by atoms with Crippen LogP contribution in [-0.4, -0.2) is 30.6 Å². The molecule has 0 aliphatic carbocycles. The largest absolute Gasteiger partial charge is 0.324 e. The van der Waals surface area contributed by atoms with Gasteiger partial charge in [0.25, 0.3) is 0 Å². The van der Waals surface area contributed by atoms with E-state index in [1.807, 2.05) is 43.6 Å². The van der Waals surface area contributed by atoms with Gasteiger partial charge in [-0.3, -0.25) is 14.5 Å². The highest BCUT2D eigenvalue weighted by atomic mass is 32.1. The first-order chi connectivity index (χ1) is 12.6. The molecule has 0 fully saturated rings. The quantitative estimate of drug-likeness (QED) is 0.602. The Labute approximate surface area is 153 Å². The number of nitrogens with zero attached hydrogens (tertiary/aromatic N) is 5. The molecular weight excluding hydrogens is 348 g/mol. The monoisotopic (exact) mass is 364 g/mol. The maximum absolute atomic E-state index is 12.3. The SMILES string of the molecule is Cc1nn(C)c2ncc(NC(=O)Cc3csc(-c4ccccn4)n3)cc12. The van der Waals surface area contributed by atoms with Gasteiger partial charge in [0.1, 0.15) is 5.01 Å². The molecule has 0 radical (unpaired) electrons. The molecule has 0 saturated heterocycles. The fourth-order valence-electron chi connectivity index (χ4n) is 2.74. The number of aromatic nitrogens is 5. The first-order valence-electron chi connectivity index (χ1n) is 8.05. The molecule has 4 aromatic rings. The summed E-state index contributed by atoms with van der Waals surface area (Å²) >= 11 is 1.48. The van der Waals surface area contributed by atoms with Crippen molar-refractivity contribution in [2.24, 2.45) is 7.05 Å². The van der Waals surface area contributed by atoms with Crippen molar-refractivity contribution in [2.45, 2.75) is 13.3 Å². The lowest BCUT2D eigenvalue weighted by molar-refractivity contribution is -0.115. The summed E-state index contributed by atoms with van der Waals surface area (Å²) in [6.45, 7) is 1.92. The highest BCUT2D eigenvalue weighted by Crippen LogP contribution is 2.22. The number of fused-ring (bicyclic) bond motifs is 1. The van der Waals surface area contributed by atoms with Crippen molar-refractivity contribution in [2.75, 3.05) is 5.32 Å². The fraction of sp³-hybridized carbons (Fsp3) is 0.167. The third-order valence-corrected chi connectivity index (χ3v) is 4.84. The number of thiazole rings is 1. The van der Waals surface area contributed by atoms with Gasteiger partial charge >= 0.3 is 0 Å². The molecule has 1 amide bonds. The van der Waals surface area contributed by atoms with Crippen LogP contribution >= 0.6 is 11.3 Å². The van der Waals surface area contributed by atoms with Crippen LogP contribution in [0.3, 0.4) is 0 Å². The number of carbonyl (C=O) groups excluding carboxylic acids is 1. The van der Waals surface area contributed by atoms with Crippen molar-refractivity contribution in [3.8, 4) is 10.7 Å². The summed E-state index contributed by atoms with van der Waals surface area (Å²) in [6.07, 6.45) is 3.57. The minimum absolute atomic E-state index is 0.134. The lowest BCUT2D eigenvalue weighted by Gasteiger charge is -2.04. The maximum atomic E-state index is 12.3. The van der Waals surface area contributed by atoms with Crippen molar-refractivity contribution < 1.29 is 4.79 Å². The van der Waals surface area contributed by atoms with Crippen LogP contribution in [0.4, 0.5) is 5.69 Å². The average molecular weight is 364 g/mol. The van der Waals surface area contributed by atoms with Gasteiger partial charge in [0, 0.05) is 24.0 Å². The molecule has 0 bridgehead atoms. The van der Waals surface area contributed by atoms with E-state index in [0.29, 0.717) is 5.69 Å². The van der Waals surface area contributed by atoms with E-state index in [-0.39, 0.29) is 12.3 Å². The molecule has 130 valence electrons. The number of rotatable bonds is 4. The molecule has 4 heterocycles. The van der Waals surface area contributed by atoms with Gasteiger partial charge in [-0.15, -0.1) is 11.3 Å². The molecule has 0 aliphatic heterocycles. The molecule has 26 heavy (non-hydrogen) atoms. The van der Waals surface area contributed by atoms with E-state index in [1.54, 1.807) is 17.1 Å². The number of anilines is 1. The van der Waals surface area contributed by atoms with Crippen LogP contribution in [0, 0.1) is 6.92 Å². The summed E-state index contributed by atoms with van der Waals surface area (Å²) in [7, 11) is 1.85. The van der Waals surface area contributed by atoms with Crippen molar-refractivity contribution in [3.05, 3.63) is 53.4 Å². The second-order valence-electron chi connectivity index (χ2n) is 5.89. The second-order valence-corrected chi connectivity index (χ2v) is 6.75. The number of amides is 1. The zero-order valence-electron chi connectivity index (χ0n) is 14.3. The van der Waals surface area contributed by atoms with E-state index in [0.717, 1.165) is 33.1 Å². The zero-order chi connectivity index (χ0) is 18.1. The number of pyridine rings is 2. The summed E-state index contributed by atoms with van der Waals surface area (Å²) in [5.74, 6) is -0.134. The zero-order valence-corrected chi connectivity index (χ0v) is 15.1. The second kappa shape index (κ2) is 6.64. The van der Waals surface area contributed by atoms with E-state index in [1.165, 1.54) is 11.3 Å². The molecule has 0 unspecified atom stereocenters. The first-order valence-corrected chi connectivity index (χ1v) is 8.93. The van der Waals surface area contributed by atoms with E-state index in [9.17, 15) is 4.79 Å². The van der Waals surface area contributed by atoms with Gasteiger partial charge in [-0.25, -0.2) is 9.97 Å². The summed E-state index contributed by atoms with van der Waals surface area (Å²) in [4.78, 5) is 25.5. The molecule has 0 spiro atoms. The van der Waals surface area contributed by atoms with Crippen molar-refractivity contribution in [3.63, 3.8) is 0 Å². The normalized spacial score (nSPS) is 11.0. The van der Waals surface area contributed by atoms with Gasteiger partial charge in [-0.1, -0.05) is 6.07 Å². The Kier molecular flexibility index (Phi) is 4.18. The van der Waals surface area contributed by atoms with Gasteiger partial charge in [0.05, 0.1) is 35.4 Å². The Morgan fingerprint density at radius 3 is 3.00 bits per heavy atom. The summed E-state index contributed by atoms with van der Waals surface area (Å²) in [5.41, 5.74) is 3.86. The van der Waals surface area contributed by atoms with Crippen LogP contribution in [0.15, 0.2) is 42.0 Å². The molecule has 4 rings (SSSR count). The lowest BCUT2D eigenvalue weighted by atomic mass is 10.2. The molecule has 0 aliphatic rings. The van der Waals surface area contributed by atoms with Crippen LogP contribution in [0.1, 0.15) is 11.4 Å². The molecule has 7 nitrogen and oxygen atoms in total. The van der Waals surface area contributed by atoms with Crippen LogP contribution in [0.5, 0.6) is 0 Å². The number of carbonyl (C=O) groups is 1. The topological polar surface area (TPSA) is 85.6 Å². The lowest BCUT2D eigenvalue weighted by Crippen LogP contribution is -2.14. The minimum atomic E-state index is -0.134.